The molecule has 0 radical (unpaired) electrons. The largest absolute Gasteiger partial charge is 0.490 e. The van der Waals surface area contributed by atoms with E-state index in [1.165, 1.54) is 17.7 Å². The molecule has 0 aliphatic carbocycles. The second-order valence-corrected chi connectivity index (χ2v) is 6.46. The first kappa shape index (κ1) is 19.0. The average molecular weight is 308 g/mol. The Kier molecular flexibility index (Phi) is 8.51. The van der Waals surface area contributed by atoms with Crippen molar-refractivity contribution in [2.45, 2.75) is 66.0 Å². The number of hydrogen-bond acceptors (Lipinski definition) is 2. The van der Waals surface area contributed by atoms with E-state index in [4.69, 9.17) is 4.74 Å². The molecule has 1 aromatic rings. The lowest BCUT2D eigenvalue weighted by Crippen LogP contribution is -3.16. The van der Waals surface area contributed by atoms with E-state index in [0.717, 1.165) is 36.4 Å². The molecule has 1 aromatic carbocycles. The lowest BCUT2D eigenvalue weighted by molar-refractivity contribution is -0.926. The Morgan fingerprint density at radius 1 is 1.18 bits per heavy atom. The third-order valence-corrected chi connectivity index (χ3v) is 4.49. The number of unbranched alkanes of at least 4 members (excludes halogenated alkanes) is 1. The molecule has 3 nitrogen and oxygen atoms in total. The molecule has 1 unspecified atom stereocenters. The van der Waals surface area contributed by atoms with Gasteiger partial charge in [0.2, 0.25) is 0 Å². The van der Waals surface area contributed by atoms with Crippen molar-refractivity contribution in [3.05, 3.63) is 29.3 Å². The standard InChI is InChI=1S/C19H33NO2/c1-6-8-12-20(17(5)7-2)13-18(21)14-22-19-15(3)10-9-11-16(19)4/h9-11,17-18,21H,6-8,12-14H2,1-5H3/p+1/t17-,18-/m0/s1. The molecule has 2 N–H and O–H groups in total. The molecule has 3 atom stereocenters. The fraction of sp³-hybridized carbons (Fsp3) is 0.684. The van der Waals surface area contributed by atoms with Gasteiger partial charge in [-0.2, -0.15) is 0 Å². The third-order valence-electron chi connectivity index (χ3n) is 4.49. The van der Waals surface area contributed by atoms with Crippen LogP contribution in [0.1, 0.15) is 51.2 Å². The van der Waals surface area contributed by atoms with E-state index in [-0.39, 0.29) is 0 Å². The summed E-state index contributed by atoms with van der Waals surface area (Å²) >= 11 is 0. The molecule has 1 rings (SSSR count). The number of ether oxygens (including phenoxy) is 1. The Labute approximate surface area is 136 Å². The highest BCUT2D eigenvalue weighted by atomic mass is 16.5. The van der Waals surface area contributed by atoms with Crippen LogP contribution in [0.25, 0.3) is 0 Å². The van der Waals surface area contributed by atoms with Crippen molar-refractivity contribution in [3.63, 3.8) is 0 Å². The molecule has 0 amide bonds. The molecule has 0 spiro atoms. The van der Waals surface area contributed by atoms with Crippen molar-refractivity contribution >= 4 is 0 Å². The van der Waals surface area contributed by atoms with Crippen LogP contribution in [0.4, 0.5) is 0 Å². The molecule has 22 heavy (non-hydrogen) atoms. The van der Waals surface area contributed by atoms with E-state index in [0.29, 0.717) is 12.6 Å². The molecule has 0 aromatic heterocycles. The van der Waals surface area contributed by atoms with Gasteiger partial charge in [0.15, 0.2) is 0 Å². The van der Waals surface area contributed by atoms with Crippen LogP contribution in [0, 0.1) is 13.8 Å². The SMILES string of the molecule is CCCC[NH+](C[C@H](O)COc1c(C)cccc1C)[C@@H](C)CC. The Morgan fingerprint density at radius 3 is 2.36 bits per heavy atom. The van der Waals surface area contributed by atoms with Crippen LogP contribution in [0.2, 0.25) is 0 Å². The van der Waals surface area contributed by atoms with Crippen LogP contribution >= 0.6 is 0 Å². The minimum atomic E-state index is -0.417. The number of rotatable bonds is 10. The number of nitrogens with one attached hydrogen (secondary N) is 1. The van der Waals surface area contributed by atoms with Gasteiger partial charge >= 0.3 is 0 Å². The average Bonchev–Trinajstić information content (AvgIpc) is 2.50. The first-order chi connectivity index (χ1) is 10.5. The number of benzene rings is 1. The maximum Gasteiger partial charge on any atom is 0.137 e. The van der Waals surface area contributed by atoms with Gasteiger partial charge in [0.1, 0.15) is 25.0 Å². The van der Waals surface area contributed by atoms with Gasteiger partial charge in [0.25, 0.3) is 0 Å². The van der Waals surface area contributed by atoms with Gasteiger partial charge < -0.3 is 14.7 Å². The fourth-order valence-electron chi connectivity index (χ4n) is 2.81. The molecule has 0 saturated heterocycles. The summed E-state index contributed by atoms with van der Waals surface area (Å²) in [5, 5.41) is 10.4. The van der Waals surface area contributed by atoms with Crippen LogP contribution in [-0.4, -0.2) is 36.9 Å². The highest BCUT2D eigenvalue weighted by molar-refractivity contribution is 5.39. The topological polar surface area (TPSA) is 33.9 Å². The van der Waals surface area contributed by atoms with E-state index < -0.39 is 6.10 Å². The van der Waals surface area contributed by atoms with Crippen LogP contribution < -0.4 is 9.64 Å². The molecule has 3 heteroatoms. The highest BCUT2D eigenvalue weighted by Crippen LogP contribution is 2.22. The van der Waals surface area contributed by atoms with Gasteiger partial charge in [-0.1, -0.05) is 38.5 Å². The molecular weight excluding hydrogens is 274 g/mol. The van der Waals surface area contributed by atoms with E-state index >= 15 is 0 Å². The third kappa shape index (κ3) is 5.98. The number of aryl methyl sites for hydroxylation is 2. The molecule has 0 aliphatic rings. The second-order valence-electron chi connectivity index (χ2n) is 6.46. The summed E-state index contributed by atoms with van der Waals surface area (Å²) in [6, 6.07) is 6.72. The molecule has 0 bridgehead atoms. The Hall–Kier alpha value is -1.06. The van der Waals surface area contributed by atoms with Crippen molar-refractivity contribution in [2.75, 3.05) is 19.7 Å². The van der Waals surface area contributed by atoms with E-state index in [1.54, 1.807) is 0 Å². The van der Waals surface area contributed by atoms with Crippen molar-refractivity contribution in [2.24, 2.45) is 0 Å². The maximum absolute atomic E-state index is 10.4. The Morgan fingerprint density at radius 2 is 1.82 bits per heavy atom. The van der Waals surface area contributed by atoms with Crippen molar-refractivity contribution in [3.8, 4) is 5.75 Å². The number of quaternary nitrogens is 1. The first-order valence-electron chi connectivity index (χ1n) is 8.71. The Balaban J connectivity index is 2.54. The summed E-state index contributed by atoms with van der Waals surface area (Å²) in [5.41, 5.74) is 2.26. The molecule has 0 fully saturated rings. The predicted molar refractivity (Wildman–Crippen MR) is 92.8 cm³/mol. The van der Waals surface area contributed by atoms with Crippen molar-refractivity contribution in [1.82, 2.24) is 0 Å². The van der Waals surface area contributed by atoms with Crippen molar-refractivity contribution in [1.29, 1.82) is 0 Å². The number of hydrogen-bond donors (Lipinski definition) is 2. The fourth-order valence-corrected chi connectivity index (χ4v) is 2.81. The summed E-state index contributed by atoms with van der Waals surface area (Å²) < 4.78 is 5.88. The molecule has 0 saturated carbocycles. The maximum atomic E-state index is 10.4. The van der Waals surface area contributed by atoms with Gasteiger partial charge in [0, 0.05) is 0 Å². The van der Waals surface area contributed by atoms with Gasteiger partial charge in [-0.05, 0) is 44.7 Å². The molecule has 0 aliphatic heterocycles. The zero-order chi connectivity index (χ0) is 16.5. The molecular formula is C19H34NO2+. The second kappa shape index (κ2) is 9.86. The lowest BCUT2D eigenvalue weighted by Gasteiger charge is -2.27. The summed E-state index contributed by atoms with van der Waals surface area (Å²) in [7, 11) is 0. The van der Waals surface area contributed by atoms with E-state index in [2.05, 4.69) is 20.8 Å². The normalized spacial score (nSPS) is 15.4. The minimum absolute atomic E-state index is 0.373. The van der Waals surface area contributed by atoms with Gasteiger partial charge in [-0.25, -0.2) is 0 Å². The Bertz CT molecular complexity index is 413. The predicted octanol–water partition coefficient (Wildman–Crippen LogP) is 2.53. The first-order valence-corrected chi connectivity index (χ1v) is 8.71. The summed E-state index contributed by atoms with van der Waals surface area (Å²) in [6.07, 6.45) is 3.14. The van der Waals surface area contributed by atoms with Crippen molar-refractivity contribution < 1.29 is 14.7 Å². The summed E-state index contributed by atoms with van der Waals surface area (Å²) in [6.45, 7) is 13.1. The number of para-hydroxylation sites is 1. The molecule has 0 heterocycles. The number of aliphatic hydroxyl groups is 1. The zero-order valence-corrected chi connectivity index (χ0v) is 15.0. The van der Waals surface area contributed by atoms with E-state index in [1.807, 2.05) is 32.0 Å². The summed E-state index contributed by atoms with van der Waals surface area (Å²) in [4.78, 5) is 1.49. The van der Waals surface area contributed by atoms with Crippen LogP contribution in [0.3, 0.4) is 0 Å². The van der Waals surface area contributed by atoms with Gasteiger partial charge in [0.05, 0.1) is 12.6 Å². The summed E-state index contributed by atoms with van der Waals surface area (Å²) in [5.74, 6) is 0.917. The number of aliphatic hydroxyl groups excluding tert-OH is 1. The highest BCUT2D eigenvalue weighted by Gasteiger charge is 2.20. The van der Waals surface area contributed by atoms with Crippen LogP contribution in [-0.2, 0) is 0 Å². The molecule has 126 valence electrons. The van der Waals surface area contributed by atoms with E-state index in [9.17, 15) is 5.11 Å². The minimum Gasteiger partial charge on any atom is -0.490 e. The van der Waals surface area contributed by atoms with Gasteiger partial charge in [-0.3, -0.25) is 0 Å². The quantitative estimate of drug-likeness (QED) is 0.696. The lowest BCUT2D eigenvalue weighted by atomic mass is 10.1. The van der Waals surface area contributed by atoms with Crippen LogP contribution in [0.15, 0.2) is 18.2 Å². The monoisotopic (exact) mass is 308 g/mol. The zero-order valence-electron chi connectivity index (χ0n) is 15.0. The van der Waals surface area contributed by atoms with Gasteiger partial charge in [-0.15, -0.1) is 0 Å². The van der Waals surface area contributed by atoms with Crippen LogP contribution in [0.5, 0.6) is 5.75 Å². The smallest absolute Gasteiger partial charge is 0.137 e.